The summed E-state index contributed by atoms with van der Waals surface area (Å²) in [6.45, 7) is 6.84. The van der Waals surface area contributed by atoms with Gasteiger partial charge in [0.15, 0.2) is 0 Å². The number of rotatable bonds is 2. The summed E-state index contributed by atoms with van der Waals surface area (Å²) in [7, 11) is 2.22. The van der Waals surface area contributed by atoms with E-state index in [2.05, 4.69) is 52.7 Å². The smallest absolute Gasteiger partial charge is 0.0506 e. The summed E-state index contributed by atoms with van der Waals surface area (Å²) >= 11 is 0. The van der Waals surface area contributed by atoms with Crippen molar-refractivity contribution in [2.24, 2.45) is 0 Å². The van der Waals surface area contributed by atoms with Crippen LogP contribution in [0.3, 0.4) is 0 Å². The van der Waals surface area contributed by atoms with Crippen molar-refractivity contribution < 1.29 is 0 Å². The molecule has 0 N–H and O–H groups in total. The Balaban J connectivity index is 1.78. The van der Waals surface area contributed by atoms with E-state index >= 15 is 0 Å². The zero-order chi connectivity index (χ0) is 13.7. The highest BCUT2D eigenvalue weighted by Gasteiger charge is 2.25. The molecule has 0 radical (unpaired) electrons. The normalized spacial score (nSPS) is 20.8. The van der Waals surface area contributed by atoms with E-state index in [0.29, 0.717) is 0 Å². The van der Waals surface area contributed by atoms with Crippen molar-refractivity contribution in [3.8, 4) is 0 Å². The molecule has 2 heterocycles. The fourth-order valence-electron chi connectivity index (χ4n) is 3.36. The largest absolute Gasteiger partial charge is 0.368 e. The van der Waals surface area contributed by atoms with Crippen LogP contribution in [-0.4, -0.2) is 42.7 Å². The molecule has 3 nitrogen and oxygen atoms in total. The van der Waals surface area contributed by atoms with Crippen molar-refractivity contribution in [3.63, 3.8) is 0 Å². The van der Waals surface area contributed by atoms with Crippen molar-refractivity contribution in [2.45, 2.75) is 25.8 Å². The molecule has 2 aliphatic rings. The van der Waals surface area contributed by atoms with Crippen LogP contribution < -0.4 is 4.90 Å². The van der Waals surface area contributed by atoms with Gasteiger partial charge in [-0.15, -0.1) is 0 Å². The first-order valence-corrected chi connectivity index (χ1v) is 7.77. The fraction of sp³-hybridized carbons (Fsp3) is 0.529. The molecule has 0 spiro atoms. The fourth-order valence-corrected chi connectivity index (χ4v) is 3.36. The topological polar surface area (TPSA) is 11.4 Å². The third kappa shape index (κ3) is 2.01. The van der Waals surface area contributed by atoms with Gasteiger partial charge < -0.3 is 14.4 Å². The Kier molecular flexibility index (Phi) is 2.77. The van der Waals surface area contributed by atoms with E-state index in [1.807, 2.05) is 0 Å². The zero-order valence-electron chi connectivity index (χ0n) is 12.5. The number of nitrogens with zero attached hydrogens (tertiary/aromatic N) is 3. The summed E-state index contributed by atoms with van der Waals surface area (Å²) in [5.74, 6) is 0. The Bertz CT molecular complexity index is 631. The lowest BCUT2D eigenvalue weighted by Gasteiger charge is -2.34. The van der Waals surface area contributed by atoms with Crippen molar-refractivity contribution in [1.82, 2.24) is 9.47 Å². The van der Waals surface area contributed by atoms with Crippen LogP contribution in [0.15, 0.2) is 24.4 Å². The second-order valence-corrected chi connectivity index (χ2v) is 6.46. The number of aryl methyl sites for hydroxylation is 1. The number of likely N-dealkylation sites (N-methyl/N-ethyl adjacent to an activating group) is 1. The van der Waals surface area contributed by atoms with Crippen LogP contribution in [0.1, 0.15) is 24.4 Å². The van der Waals surface area contributed by atoms with Crippen molar-refractivity contribution in [3.05, 3.63) is 30.0 Å². The Morgan fingerprint density at radius 1 is 1.05 bits per heavy atom. The number of hydrogen-bond acceptors (Lipinski definition) is 2. The highest BCUT2D eigenvalue weighted by atomic mass is 15.2. The number of anilines is 1. The standard InChI is InChI=1S/C17H23N3/c1-13-11-16(19-9-7-18(2)8-10-19)15-5-6-20(14-3-4-14)17(15)12-13/h5-6,11-12,14H,3-4,7-10H2,1-2H3. The van der Waals surface area contributed by atoms with E-state index in [1.165, 1.54) is 48.1 Å². The summed E-state index contributed by atoms with van der Waals surface area (Å²) in [5.41, 5.74) is 4.25. The monoisotopic (exact) mass is 269 g/mol. The molecule has 1 saturated carbocycles. The van der Waals surface area contributed by atoms with Gasteiger partial charge in [0.1, 0.15) is 0 Å². The first-order chi connectivity index (χ1) is 9.72. The van der Waals surface area contributed by atoms with Gasteiger partial charge in [-0.2, -0.15) is 0 Å². The van der Waals surface area contributed by atoms with Crippen LogP contribution in [0, 0.1) is 6.92 Å². The van der Waals surface area contributed by atoms with E-state index < -0.39 is 0 Å². The van der Waals surface area contributed by atoms with E-state index in [4.69, 9.17) is 0 Å². The summed E-state index contributed by atoms with van der Waals surface area (Å²) < 4.78 is 2.49. The number of benzene rings is 1. The van der Waals surface area contributed by atoms with Gasteiger partial charge in [-0.1, -0.05) is 0 Å². The molecule has 1 aliphatic heterocycles. The molecule has 4 rings (SSSR count). The minimum Gasteiger partial charge on any atom is -0.368 e. The molecule has 20 heavy (non-hydrogen) atoms. The lowest BCUT2D eigenvalue weighted by molar-refractivity contribution is 0.313. The lowest BCUT2D eigenvalue weighted by Crippen LogP contribution is -2.44. The molecule has 0 atom stereocenters. The first kappa shape index (κ1) is 12.3. The average Bonchev–Trinajstić information content (AvgIpc) is 3.19. The molecule has 1 aliphatic carbocycles. The predicted octanol–water partition coefficient (Wildman–Crippen LogP) is 3.04. The summed E-state index contributed by atoms with van der Waals surface area (Å²) in [4.78, 5) is 4.98. The first-order valence-electron chi connectivity index (χ1n) is 7.77. The second-order valence-electron chi connectivity index (χ2n) is 6.46. The maximum atomic E-state index is 2.56. The van der Waals surface area contributed by atoms with E-state index in [0.717, 1.165) is 19.1 Å². The van der Waals surface area contributed by atoms with Crippen molar-refractivity contribution in [2.75, 3.05) is 38.1 Å². The SMILES string of the molecule is Cc1cc(N2CCN(C)CC2)c2ccn(C3CC3)c2c1. The van der Waals surface area contributed by atoms with E-state index in [1.54, 1.807) is 0 Å². The average molecular weight is 269 g/mol. The zero-order valence-corrected chi connectivity index (χ0v) is 12.5. The van der Waals surface area contributed by atoms with Crippen LogP contribution in [0.4, 0.5) is 5.69 Å². The maximum Gasteiger partial charge on any atom is 0.0506 e. The minimum absolute atomic E-state index is 0.759. The Hall–Kier alpha value is -1.48. The highest BCUT2D eigenvalue weighted by molar-refractivity contribution is 5.94. The summed E-state index contributed by atoms with van der Waals surface area (Å²) in [6.07, 6.45) is 4.99. The number of hydrogen-bond donors (Lipinski definition) is 0. The van der Waals surface area contributed by atoms with Crippen LogP contribution >= 0.6 is 0 Å². The summed E-state index contributed by atoms with van der Waals surface area (Å²) in [6, 6.07) is 7.80. The third-order valence-electron chi connectivity index (χ3n) is 4.74. The Morgan fingerprint density at radius 2 is 1.80 bits per heavy atom. The molecule has 0 bridgehead atoms. The van der Waals surface area contributed by atoms with Gasteiger partial charge in [0.05, 0.1) is 5.52 Å². The molecule has 0 unspecified atom stereocenters. The molecule has 1 saturated heterocycles. The molecule has 106 valence electrons. The van der Waals surface area contributed by atoms with Crippen LogP contribution in [-0.2, 0) is 0 Å². The quantitative estimate of drug-likeness (QED) is 0.830. The number of piperazine rings is 1. The van der Waals surface area contributed by atoms with Gasteiger partial charge in [-0.05, 0) is 50.6 Å². The number of aromatic nitrogens is 1. The molecule has 1 aromatic carbocycles. The van der Waals surface area contributed by atoms with Gasteiger partial charge in [0, 0.05) is 49.5 Å². The van der Waals surface area contributed by atoms with Crippen LogP contribution in [0.5, 0.6) is 0 Å². The molecular formula is C17H23N3. The highest BCUT2D eigenvalue weighted by Crippen LogP contribution is 2.40. The van der Waals surface area contributed by atoms with Crippen LogP contribution in [0.2, 0.25) is 0 Å². The number of fused-ring (bicyclic) bond motifs is 1. The Labute approximate surface area is 120 Å². The summed E-state index contributed by atoms with van der Waals surface area (Å²) in [5, 5.41) is 1.44. The second kappa shape index (κ2) is 4.52. The van der Waals surface area contributed by atoms with Gasteiger partial charge in [0.25, 0.3) is 0 Å². The minimum atomic E-state index is 0.759. The maximum absolute atomic E-state index is 2.56. The van der Waals surface area contributed by atoms with Gasteiger partial charge >= 0.3 is 0 Å². The van der Waals surface area contributed by atoms with Crippen molar-refractivity contribution in [1.29, 1.82) is 0 Å². The van der Waals surface area contributed by atoms with Crippen molar-refractivity contribution >= 4 is 16.6 Å². The van der Waals surface area contributed by atoms with E-state index in [-0.39, 0.29) is 0 Å². The Morgan fingerprint density at radius 3 is 2.50 bits per heavy atom. The third-order valence-corrected chi connectivity index (χ3v) is 4.74. The molecule has 2 aromatic rings. The van der Waals surface area contributed by atoms with E-state index in [9.17, 15) is 0 Å². The molecule has 3 heteroatoms. The van der Waals surface area contributed by atoms with Gasteiger partial charge in [-0.3, -0.25) is 0 Å². The lowest BCUT2D eigenvalue weighted by atomic mass is 10.1. The van der Waals surface area contributed by atoms with Gasteiger partial charge in [-0.25, -0.2) is 0 Å². The molecule has 0 amide bonds. The van der Waals surface area contributed by atoms with Crippen LogP contribution in [0.25, 0.3) is 10.9 Å². The predicted molar refractivity (Wildman–Crippen MR) is 84.7 cm³/mol. The van der Waals surface area contributed by atoms with Gasteiger partial charge in [0.2, 0.25) is 0 Å². The molecular weight excluding hydrogens is 246 g/mol. The molecule has 2 fully saturated rings. The molecule has 1 aromatic heterocycles.